The lowest BCUT2D eigenvalue weighted by molar-refractivity contribution is -0.666. The van der Waals surface area contributed by atoms with Crippen molar-refractivity contribution in [3.05, 3.63) is 0 Å². The topological polar surface area (TPSA) is 122 Å². The minimum absolute atomic E-state index is 0.0575. The summed E-state index contributed by atoms with van der Waals surface area (Å²) >= 11 is -0.180. The normalized spacial score (nSPS) is 33.0. The lowest BCUT2D eigenvalue weighted by atomic mass is 9.69. The van der Waals surface area contributed by atoms with Crippen molar-refractivity contribution in [1.29, 1.82) is 0 Å². The maximum atomic E-state index is 12.0. The number of carbonyl (C=O) groups is 2. The van der Waals surface area contributed by atoms with Gasteiger partial charge in [-0.1, -0.05) is 31.2 Å². The molecular formula is C16H27NO7S. The Hall–Kier alpha value is -0.710. The van der Waals surface area contributed by atoms with Crippen LogP contribution >= 0.6 is 12.3 Å². The van der Waals surface area contributed by atoms with E-state index < -0.39 is 11.4 Å². The first kappa shape index (κ1) is 20.6. The monoisotopic (exact) mass is 377 g/mol. The molecular weight excluding hydrogens is 350 g/mol. The van der Waals surface area contributed by atoms with E-state index in [9.17, 15) is 14.1 Å². The molecule has 0 amide bonds. The van der Waals surface area contributed by atoms with Gasteiger partial charge >= 0.3 is 5.97 Å². The molecule has 2 aliphatic carbocycles. The Labute approximate surface area is 151 Å². The third-order valence-electron chi connectivity index (χ3n) is 6.31. The van der Waals surface area contributed by atoms with Gasteiger partial charge in [0.1, 0.15) is 11.7 Å². The van der Waals surface area contributed by atoms with Crippen LogP contribution in [-0.4, -0.2) is 41.1 Å². The van der Waals surface area contributed by atoms with Gasteiger partial charge in [-0.3, -0.25) is 9.59 Å². The number of fused-ring (bicyclic) bond motifs is 2. The van der Waals surface area contributed by atoms with Crippen LogP contribution in [0.5, 0.6) is 0 Å². The summed E-state index contributed by atoms with van der Waals surface area (Å²) in [7, 11) is 0. The van der Waals surface area contributed by atoms with E-state index in [4.69, 9.17) is 9.99 Å². The molecule has 1 heterocycles. The molecule has 1 saturated heterocycles. The molecule has 3 N–H and O–H groups in total. The van der Waals surface area contributed by atoms with Crippen LogP contribution in [0, 0.1) is 22.7 Å². The van der Waals surface area contributed by atoms with Crippen molar-refractivity contribution in [1.82, 2.24) is 0 Å². The van der Waals surface area contributed by atoms with Crippen LogP contribution in [0.4, 0.5) is 0 Å². The smallest absolute Gasteiger partial charge is 0.312 e. The Morgan fingerprint density at radius 2 is 2.20 bits per heavy atom. The highest BCUT2D eigenvalue weighted by molar-refractivity contribution is 7.88. The summed E-state index contributed by atoms with van der Waals surface area (Å²) in [6.45, 7) is 6.24. The van der Waals surface area contributed by atoms with E-state index in [0.717, 1.165) is 38.8 Å². The van der Waals surface area contributed by atoms with Gasteiger partial charge in [-0.05, 0) is 37.0 Å². The summed E-state index contributed by atoms with van der Waals surface area (Å²) < 4.78 is 13.9. The van der Waals surface area contributed by atoms with Gasteiger partial charge in [0, 0.05) is 6.42 Å². The number of carboxylic acids is 1. The average Bonchev–Trinajstić information content (AvgIpc) is 2.95. The number of ketones is 1. The first-order chi connectivity index (χ1) is 11.8. The number of Topliss-reactive ketones (excluding diaryl/α,β-unsaturated/α-hetero) is 1. The molecule has 0 aromatic carbocycles. The second-order valence-corrected chi connectivity index (χ2v) is 7.90. The summed E-state index contributed by atoms with van der Waals surface area (Å²) in [6.07, 6.45) is 4.44. The summed E-state index contributed by atoms with van der Waals surface area (Å²) in [5.74, 6) is -0.0322. The minimum atomic E-state index is -0.633. The number of hydrogen-bond acceptors (Lipinski definition) is 7. The first-order valence-electron chi connectivity index (χ1n) is 8.67. The van der Waals surface area contributed by atoms with Crippen LogP contribution in [0.3, 0.4) is 0 Å². The van der Waals surface area contributed by atoms with Crippen molar-refractivity contribution in [2.45, 2.75) is 46.0 Å². The third-order valence-corrected chi connectivity index (χ3v) is 6.42. The van der Waals surface area contributed by atoms with Crippen molar-refractivity contribution >= 4 is 24.1 Å². The molecule has 144 valence electrons. The van der Waals surface area contributed by atoms with E-state index in [1.807, 2.05) is 0 Å². The van der Waals surface area contributed by atoms with E-state index in [1.165, 1.54) is 0 Å². The highest BCUT2D eigenvalue weighted by Gasteiger charge is 2.64. The quantitative estimate of drug-likeness (QED) is 0.305. The predicted molar refractivity (Wildman–Crippen MR) is 87.1 cm³/mol. The van der Waals surface area contributed by atoms with Crippen LogP contribution in [0.15, 0.2) is 0 Å². The zero-order valence-corrected chi connectivity index (χ0v) is 15.5. The summed E-state index contributed by atoms with van der Waals surface area (Å²) in [6, 6.07) is 0. The predicted octanol–water partition coefficient (Wildman–Crippen LogP) is 1.08. The lowest BCUT2D eigenvalue weighted by Gasteiger charge is -2.35. The Bertz CT molecular complexity index is 481. The fourth-order valence-corrected chi connectivity index (χ4v) is 4.50. The maximum Gasteiger partial charge on any atom is 0.312 e. The third kappa shape index (κ3) is 4.35. The van der Waals surface area contributed by atoms with Gasteiger partial charge in [-0.25, -0.2) is 4.89 Å². The fourth-order valence-electron chi connectivity index (χ4n) is 4.43. The van der Waals surface area contributed by atoms with E-state index in [1.54, 1.807) is 0 Å². The van der Waals surface area contributed by atoms with Crippen LogP contribution in [0.1, 0.15) is 46.0 Å². The molecule has 0 aromatic heterocycles. The minimum Gasteiger partial charge on any atom is -0.774 e. The largest absolute Gasteiger partial charge is 0.774 e. The van der Waals surface area contributed by atoms with Crippen molar-refractivity contribution in [2.75, 3.05) is 19.7 Å². The molecule has 0 radical (unpaired) electrons. The Balaban J connectivity index is 0.000000212. The van der Waals surface area contributed by atoms with Crippen molar-refractivity contribution in [3.63, 3.8) is 0 Å². The standard InChI is InChI=1S/C10H16O5S.C6H11NO2/c1-9(2)7-3-4-10(9,8(11)5-7)6-13-14-15-16-12;8-6(9)5-2-1-3-7-4-5/h7,12H,3-6H2,1-2H3;5,7H,1-4H2,(H,8,9)/t;5-/m.0/s1. The highest BCUT2D eigenvalue weighted by atomic mass is 32.2. The molecule has 8 nitrogen and oxygen atoms in total. The van der Waals surface area contributed by atoms with E-state index in [0.29, 0.717) is 12.3 Å². The number of hydrogen-bond donors (Lipinski definition) is 2. The maximum absolute atomic E-state index is 12.0. The molecule has 3 atom stereocenters. The molecule has 0 spiro atoms. The molecule has 3 aliphatic rings. The summed E-state index contributed by atoms with van der Waals surface area (Å²) in [4.78, 5) is 27.1. The average molecular weight is 377 g/mol. The van der Waals surface area contributed by atoms with E-state index in [-0.39, 0.29) is 36.0 Å². The number of nitrogens with two attached hydrogens (primary N) is 1. The lowest BCUT2D eigenvalue weighted by Crippen LogP contribution is -2.87. The second kappa shape index (κ2) is 8.79. The first-order valence-corrected chi connectivity index (χ1v) is 9.34. The second-order valence-electron chi connectivity index (χ2n) is 7.62. The van der Waals surface area contributed by atoms with Gasteiger partial charge in [0.2, 0.25) is 0 Å². The molecule has 9 heteroatoms. The van der Waals surface area contributed by atoms with Crippen LogP contribution in [0.2, 0.25) is 0 Å². The number of quaternary nitrogens is 1. The van der Waals surface area contributed by atoms with Crippen LogP contribution in [-0.2, 0) is 23.8 Å². The molecule has 0 aromatic rings. The number of piperidine rings is 1. The van der Waals surface area contributed by atoms with E-state index in [2.05, 4.69) is 28.5 Å². The van der Waals surface area contributed by atoms with Crippen molar-refractivity contribution in [3.8, 4) is 0 Å². The molecule has 2 saturated carbocycles. The molecule has 25 heavy (non-hydrogen) atoms. The zero-order chi connectivity index (χ0) is 18.5. The number of carboxylic acid groups (broad SMARTS) is 1. The van der Waals surface area contributed by atoms with Crippen molar-refractivity contribution < 1.29 is 38.8 Å². The van der Waals surface area contributed by atoms with Gasteiger partial charge in [0.25, 0.3) is 0 Å². The number of aliphatic carboxylic acids is 1. The Morgan fingerprint density at radius 1 is 1.44 bits per heavy atom. The Kier molecular flexibility index (Phi) is 7.24. The Morgan fingerprint density at radius 3 is 2.64 bits per heavy atom. The van der Waals surface area contributed by atoms with Gasteiger partial charge in [0.15, 0.2) is 0 Å². The molecule has 3 fully saturated rings. The fraction of sp³-hybridized carbons (Fsp3) is 0.875. The summed E-state index contributed by atoms with van der Waals surface area (Å²) in [5, 5.41) is 14.8. The van der Waals surface area contributed by atoms with Gasteiger partial charge in [0.05, 0.1) is 25.1 Å². The molecule has 2 unspecified atom stereocenters. The van der Waals surface area contributed by atoms with Crippen molar-refractivity contribution in [2.24, 2.45) is 22.7 Å². The van der Waals surface area contributed by atoms with Crippen LogP contribution in [0.25, 0.3) is 0 Å². The molecule has 3 rings (SSSR count). The molecule has 1 aliphatic heterocycles. The number of rotatable bonds is 6. The highest BCUT2D eigenvalue weighted by Crippen LogP contribution is 2.63. The van der Waals surface area contributed by atoms with Gasteiger partial charge < -0.3 is 15.0 Å². The summed E-state index contributed by atoms with van der Waals surface area (Å²) in [5.41, 5.74) is -0.521. The van der Waals surface area contributed by atoms with Gasteiger partial charge in [-0.2, -0.15) is 0 Å². The SMILES string of the molecule is CC1(C)C2CCC1(COOOS[O-])C(=O)C2.O=C(O)[C@H]1CCC[NH2+]C1. The number of carbonyl (C=O) groups excluding carboxylic acids is 1. The molecule has 2 bridgehead atoms. The van der Waals surface area contributed by atoms with Crippen LogP contribution < -0.4 is 5.32 Å². The van der Waals surface area contributed by atoms with Gasteiger partial charge in [-0.15, -0.1) is 4.33 Å². The zero-order valence-electron chi connectivity index (χ0n) is 14.7. The van der Waals surface area contributed by atoms with E-state index >= 15 is 0 Å².